The van der Waals surface area contributed by atoms with Gasteiger partial charge in [-0.3, -0.25) is 4.79 Å². The van der Waals surface area contributed by atoms with Crippen LogP contribution in [0.4, 0.5) is 0 Å². The fourth-order valence-electron chi connectivity index (χ4n) is 10.0. The molecule has 60 heavy (non-hydrogen) atoms. The molecule has 6 unspecified atom stereocenters. The molecular weight excluding hydrogens is 741 g/mol. The molecule has 0 bridgehead atoms. The van der Waals surface area contributed by atoms with Gasteiger partial charge in [-0.2, -0.15) is 0 Å². The van der Waals surface area contributed by atoms with Crippen LogP contribution in [0.25, 0.3) is 11.3 Å². The minimum atomic E-state index is -0.361. The number of nitrogens with zero attached hydrogens (tertiary/aromatic N) is 1. The van der Waals surface area contributed by atoms with E-state index >= 15 is 0 Å². The van der Waals surface area contributed by atoms with E-state index in [1.807, 2.05) is 48.5 Å². The highest BCUT2D eigenvalue weighted by Crippen LogP contribution is 2.40. The van der Waals surface area contributed by atoms with Gasteiger partial charge in [0.25, 0.3) is 5.91 Å². The molecule has 1 aliphatic rings. The normalized spacial score (nSPS) is 16.8. The van der Waals surface area contributed by atoms with Crippen LogP contribution in [-0.2, 0) is 0 Å². The van der Waals surface area contributed by atoms with E-state index in [9.17, 15) is 9.90 Å². The van der Waals surface area contributed by atoms with Crippen LogP contribution in [0.2, 0.25) is 0 Å². The first kappa shape index (κ1) is 49.1. The molecule has 6 nitrogen and oxygen atoms in total. The lowest BCUT2D eigenvalue weighted by atomic mass is 9.76. The minimum Gasteiger partial charge on any atom is -0.494 e. The summed E-state index contributed by atoms with van der Waals surface area (Å²) < 4.78 is 12.9. The van der Waals surface area contributed by atoms with Crippen molar-refractivity contribution in [3.63, 3.8) is 0 Å². The number of aromatic hydroxyl groups is 1. The average molecular weight is 825 g/mol. The molecule has 334 valence electrons. The molecule has 1 amide bonds. The maximum atomic E-state index is 13.5. The van der Waals surface area contributed by atoms with Crippen LogP contribution in [0.15, 0.2) is 53.5 Å². The topological polar surface area (TPSA) is 83.9 Å². The smallest absolute Gasteiger partial charge is 0.280 e. The van der Waals surface area contributed by atoms with Crippen molar-refractivity contribution in [2.75, 3.05) is 13.2 Å². The number of rotatable bonds is 20. The largest absolute Gasteiger partial charge is 0.494 e. The van der Waals surface area contributed by atoms with Gasteiger partial charge in [-0.25, -0.2) is 4.99 Å². The van der Waals surface area contributed by atoms with Crippen molar-refractivity contribution in [1.29, 1.82) is 0 Å². The number of nitrogens with one attached hydrogen (secondary N) is 1. The van der Waals surface area contributed by atoms with E-state index in [0.717, 1.165) is 48.3 Å². The first-order valence-electron chi connectivity index (χ1n) is 23.2. The van der Waals surface area contributed by atoms with Crippen LogP contribution in [0.3, 0.4) is 0 Å². The molecule has 0 saturated carbocycles. The van der Waals surface area contributed by atoms with Gasteiger partial charge in [-0.1, -0.05) is 124 Å². The second kappa shape index (κ2) is 20.1. The number of hydrogen-bond acceptors (Lipinski definition) is 4. The Morgan fingerprint density at radius 1 is 0.550 bits per heavy atom. The lowest BCUT2D eigenvalue weighted by Gasteiger charge is -2.31. The molecule has 2 aromatic carbocycles. The number of H-pyrrole nitrogens is 1. The quantitative estimate of drug-likeness (QED) is 0.119. The number of carbonyl (C=O) groups excluding carboxylic acids is 1. The molecule has 4 rings (SSSR count). The Morgan fingerprint density at radius 2 is 0.933 bits per heavy atom. The van der Waals surface area contributed by atoms with Gasteiger partial charge in [0.15, 0.2) is 5.88 Å². The highest BCUT2D eigenvalue weighted by Gasteiger charge is 2.34. The van der Waals surface area contributed by atoms with E-state index in [-0.39, 0.29) is 22.6 Å². The van der Waals surface area contributed by atoms with Gasteiger partial charge in [-0.15, -0.1) is 0 Å². The maximum Gasteiger partial charge on any atom is 0.280 e. The van der Waals surface area contributed by atoms with Gasteiger partial charge in [0.05, 0.1) is 35.7 Å². The van der Waals surface area contributed by atoms with E-state index in [2.05, 4.69) is 121 Å². The zero-order valence-electron chi connectivity index (χ0n) is 40.8. The van der Waals surface area contributed by atoms with Crippen molar-refractivity contribution in [2.24, 2.45) is 62.2 Å². The van der Waals surface area contributed by atoms with Gasteiger partial charge in [0.2, 0.25) is 0 Å². The monoisotopic (exact) mass is 825 g/mol. The van der Waals surface area contributed by atoms with Gasteiger partial charge in [-0.05, 0) is 150 Å². The Labute approximate surface area is 366 Å². The molecule has 1 aromatic heterocycles. The highest BCUT2D eigenvalue weighted by molar-refractivity contribution is 6.30. The van der Waals surface area contributed by atoms with Gasteiger partial charge >= 0.3 is 0 Å². The second-order valence-corrected chi connectivity index (χ2v) is 23.9. The average Bonchev–Trinajstić information content (AvgIpc) is 3.62. The third kappa shape index (κ3) is 15.4. The van der Waals surface area contributed by atoms with E-state index in [4.69, 9.17) is 9.47 Å². The summed E-state index contributed by atoms with van der Waals surface area (Å²) in [4.78, 5) is 21.0. The first-order valence-corrected chi connectivity index (χ1v) is 23.2. The van der Waals surface area contributed by atoms with Crippen LogP contribution >= 0.6 is 0 Å². The Bertz CT molecular complexity index is 1840. The molecule has 0 aliphatic carbocycles. The van der Waals surface area contributed by atoms with Crippen molar-refractivity contribution < 1.29 is 19.4 Å². The number of benzene rings is 2. The molecule has 3 aromatic rings. The first-order chi connectivity index (χ1) is 27.7. The van der Waals surface area contributed by atoms with Crippen LogP contribution < -0.4 is 9.47 Å². The van der Waals surface area contributed by atoms with Gasteiger partial charge in [0.1, 0.15) is 11.5 Å². The number of amides is 1. The van der Waals surface area contributed by atoms with Crippen LogP contribution in [-0.4, -0.2) is 34.9 Å². The summed E-state index contributed by atoms with van der Waals surface area (Å²) in [6, 6.07) is 15.6. The molecule has 1 aliphatic heterocycles. The zero-order chi connectivity index (χ0) is 44.8. The molecular formula is C54H84N2O4. The Balaban J connectivity index is 1.43. The third-order valence-corrected chi connectivity index (χ3v) is 12.3. The summed E-state index contributed by atoms with van der Waals surface area (Å²) >= 11 is 0. The van der Waals surface area contributed by atoms with Crippen LogP contribution in [0.1, 0.15) is 184 Å². The van der Waals surface area contributed by atoms with Crippen molar-refractivity contribution in [3.05, 3.63) is 65.2 Å². The number of aliphatic imine (C=N–C) groups is 1. The van der Waals surface area contributed by atoms with Crippen molar-refractivity contribution >= 4 is 11.6 Å². The minimum absolute atomic E-state index is 0.0574. The highest BCUT2D eigenvalue weighted by atomic mass is 16.5. The maximum absolute atomic E-state index is 13.5. The SMILES string of the molecule is CC(CCC(COc1ccc(C2=NC(=O)c3c(-c4ccc(OCC(CCC(C)CC(C)(C)C)C(C)CC(C)(C)C)cc4)[nH]c(O)c32)cc1)C(C)CC(C)(C)C)CC(C)(C)C. The standard InChI is InChI=1S/C54H84N2O4/c1-35(29-51(5,6)7)17-19-41(37(3)31-53(11,12)13)33-59-43-25-21-39(22-26-43)47-45-46(50(58)55-47)48(56-49(45)57)40-23-27-44(28-24-40)60-34-42(38(4)32-54(14,15)16)20-18-36(2)30-52(8,9)10/h21-28,35-38,41-42,55,58H,17-20,29-34H2,1-16H3. The van der Waals surface area contributed by atoms with Crippen molar-refractivity contribution in [3.8, 4) is 28.6 Å². The number of hydrogen-bond donors (Lipinski definition) is 2. The Kier molecular flexibility index (Phi) is 16.5. The zero-order valence-corrected chi connectivity index (χ0v) is 40.8. The number of aromatic amines is 1. The lowest BCUT2D eigenvalue weighted by molar-refractivity contribution is 0.101. The molecule has 0 saturated heterocycles. The number of ether oxygens (including phenoxy) is 2. The Hall–Kier alpha value is -3.54. The Morgan fingerprint density at radius 3 is 1.32 bits per heavy atom. The van der Waals surface area contributed by atoms with Crippen LogP contribution in [0.5, 0.6) is 17.4 Å². The van der Waals surface area contributed by atoms with E-state index in [1.54, 1.807) is 0 Å². The summed E-state index contributed by atoms with van der Waals surface area (Å²) in [6.07, 6.45) is 9.44. The van der Waals surface area contributed by atoms with Crippen molar-refractivity contribution in [1.82, 2.24) is 4.98 Å². The number of carbonyl (C=O) groups is 1. The number of fused-ring (bicyclic) bond motifs is 1. The van der Waals surface area contributed by atoms with Crippen LogP contribution in [0, 0.1) is 57.2 Å². The molecule has 0 spiro atoms. The molecule has 6 heteroatoms. The van der Waals surface area contributed by atoms with E-state index in [0.29, 0.717) is 82.1 Å². The van der Waals surface area contributed by atoms with E-state index < -0.39 is 0 Å². The predicted molar refractivity (Wildman–Crippen MR) is 254 cm³/mol. The summed E-state index contributed by atoms with van der Waals surface area (Å²) in [5, 5.41) is 11.2. The third-order valence-electron chi connectivity index (χ3n) is 12.3. The second-order valence-electron chi connectivity index (χ2n) is 23.9. The summed E-state index contributed by atoms with van der Waals surface area (Å²) in [5.41, 5.74) is 4.62. The predicted octanol–water partition coefficient (Wildman–Crippen LogP) is 15.2. The van der Waals surface area contributed by atoms with Gasteiger partial charge in [0, 0.05) is 5.56 Å². The molecule has 0 fully saturated rings. The summed E-state index contributed by atoms with van der Waals surface area (Å²) in [6.45, 7) is 38.8. The molecule has 2 heterocycles. The summed E-state index contributed by atoms with van der Waals surface area (Å²) in [7, 11) is 0. The fourth-order valence-corrected chi connectivity index (χ4v) is 10.0. The summed E-state index contributed by atoms with van der Waals surface area (Å²) in [5.74, 6) is 4.52. The lowest BCUT2D eigenvalue weighted by Crippen LogP contribution is -2.25. The van der Waals surface area contributed by atoms with E-state index in [1.165, 1.54) is 25.7 Å². The van der Waals surface area contributed by atoms with Gasteiger partial charge < -0.3 is 19.6 Å². The fraction of sp³-hybridized carbons (Fsp3) is 0.667. The van der Waals surface area contributed by atoms with Crippen molar-refractivity contribution in [2.45, 2.75) is 162 Å². The molecule has 6 atom stereocenters. The molecule has 0 radical (unpaired) electrons. The number of aromatic nitrogens is 1. The molecule has 2 N–H and O–H groups in total.